The maximum Gasteiger partial charge on any atom is 0.00638 e. The first-order valence-corrected chi connectivity index (χ1v) is 12.4. The second-order valence-electron chi connectivity index (χ2n) is 8.78. The molecule has 0 amide bonds. The molecule has 0 aliphatic heterocycles. The van der Waals surface area contributed by atoms with Crippen molar-refractivity contribution in [2.75, 3.05) is 13.6 Å². The minimum Gasteiger partial charge on any atom is -0.304 e. The molecule has 0 rings (SSSR count). The van der Waals surface area contributed by atoms with E-state index in [2.05, 4.69) is 32.7 Å². The van der Waals surface area contributed by atoms with Crippen LogP contribution in [-0.2, 0) is 0 Å². The Morgan fingerprint density at radius 3 is 1.27 bits per heavy atom. The summed E-state index contributed by atoms with van der Waals surface area (Å²) < 4.78 is 0. The van der Waals surface area contributed by atoms with Crippen LogP contribution in [0, 0.1) is 0 Å². The zero-order chi connectivity index (χ0) is 19.3. The minimum absolute atomic E-state index is 0.772. The van der Waals surface area contributed by atoms with Gasteiger partial charge in [-0.3, -0.25) is 0 Å². The van der Waals surface area contributed by atoms with E-state index in [1.807, 2.05) is 0 Å². The van der Waals surface area contributed by atoms with Crippen molar-refractivity contribution < 1.29 is 0 Å². The van der Waals surface area contributed by atoms with Gasteiger partial charge in [0.25, 0.3) is 0 Å². The van der Waals surface area contributed by atoms with Gasteiger partial charge >= 0.3 is 0 Å². The molecule has 0 spiro atoms. The molecule has 1 atom stereocenters. The lowest BCUT2D eigenvalue weighted by atomic mass is 10.0. The van der Waals surface area contributed by atoms with Gasteiger partial charge in [0.2, 0.25) is 0 Å². The lowest BCUT2D eigenvalue weighted by Gasteiger charge is -2.24. The van der Waals surface area contributed by atoms with Gasteiger partial charge in [0.1, 0.15) is 0 Å². The minimum atomic E-state index is 0.772. The Bertz CT molecular complexity index is 251. The number of unbranched alkanes of at least 4 members (excludes halogenated alkanes) is 16. The molecule has 158 valence electrons. The van der Waals surface area contributed by atoms with Gasteiger partial charge in [-0.2, -0.15) is 0 Å². The molecule has 0 saturated heterocycles. The second kappa shape index (κ2) is 21.3. The highest BCUT2D eigenvalue weighted by molar-refractivity contribution is 4.64. The molecule has 26 heavy (non-hydrogen) atoms. The molecule has 0 aliphatic rings. The third kappa shape index (κ3) is 18.7. The monoisotopic (exact) mass is 367 g/mol. The fourth-order valence-corrected chi connectivity index (χ4v) is 3.86. The lowest BCUT2D eigenvalue weighted by Crippen LogP contribution is -2.29. The van der Waals surface area contributed by atoms with Crippen molar-refractivity contribution in [2.24, 2.45) is 0 Å². The predicted molar refractivity (Wildman–Crippen MR) is 121 cm³/mol. The summed E-state index contributed by atoms with van der Waals surface area (Å²) in [5, 5.41) is 0. The van der Waals surface area contributed by atoms with Crippen LogP contribution in [-0.4, -0.2) is 24.5 Å². The highest BCUT2D eigenvalue weighted by Crippen LogP contribution is 2.14. The Balaban J connectivity index is 3.28. The molecule has 0 radical (unpaired) electrons. The SMILES string of the molecule is CCCCCCCCCCCCCCN(C)C(C)CCCCCCCC. The fourth-order valence-electron chi connectivity index (χ4n) is 3.86. The highest BCUT2D eigenvalue weighted by atomic mass is 15.1. The summed E-state index contributed by atoms with van der Waals surface area (Å²) in [4.78, 5) is 2.60. The first-order chi connectivity index (χ1) is 12.7. The van der Waals surface area contributed by atoms with Gasteiger partial charge in [-0.1, -0.05) is 123 Å². The summed E-state index contributed by atoms with van der Waals surface area (Å²) in [6.45, 7) is 8.32. The van der Waals surface area contributed by atoms with Gasteiger partial charge in [0.05, 0.1) is 0 Å². The van der Waals surface area contributed by atoms with Crippen molar-refractivity contribution in [3.05, 3.63) is 0 Å². The Kier molecular flexibility index (Phi) is 21.2. The molecule has 0 fully saturated rings. The topological polar surface area (TPSA) is 3.24 Å². The number of hydrogen-bond acceptors (Lipinski definition) is 1. The molecule has 1 heteroatoms. The summed E-state index contributed by atoms with van der Waals surface area (Å²) in [7, 11) is 2.33. The van der Waals surface area contributed by atoms with Crippen LogP contribution >= 0.6 is 0 Å². The van der Waals surface area contributed by atoms with Gasteiger partial charge in [-0.05, 0) is 33.4 Å². The molecular formula is C25H53N. The van der Waals surface area contributed by atoms with Crippen molar-refractivity contribution >= 4 is 0 Å². The first kappa shape index (κ1) is 26.0. The van der Waals surface area contributed by atoms with Gasteiger partial charge in [-0.15, -0.1) is 0 Å². The molecule has 1 unspecified atom stereocenters. The van der Waals surface area contributed by atoms with Crippen molar-refractivity contribution in [1.29, 1.82) is 0 Å². The molecule has 0 N–H and O–H groups in total. The van der Waals surface area contributed by atoms with E-state index >= 15 is 0 Å². The molecule has 0 aliphatic carbocycles. The standard InChI is InChI=1S/C25H53N/c1-5-7-9-11-13-14-15-16-17-18-20-22-24-26(4)25(3)23-21-19-12-10-8-6-2/h25H,5-24H2,1-4H3. The van der Waals surface area contributed by atoms with Gasteiger partial charge in [0.15, 0.2) is 0 Å². The number of nitrogens with zero attached hydrogens (tertiary/aromatic N) is 1. The molecule has 0 aromatic carbocycles. The summed E-state index contributed by atoms with van der Waals surface area (Å²) in [6, 6.07) is 0.772. The smallest absolute Gasteiger partial charge is 0.00638 e. The largest absolute Gasteiger partial charge is 0.304 e. The Labute approximate surface area is 167 Å². The quantitative estimate of drug-likeness (QED) is 0.183. The average molecular weight is 368 g/mol. The van der Waals surface area contributed by atoms with Crippen LogP contribution in [0.15, 0.2) is 0 Å². The van der Waals surface area contributed by atoms with Crippen LogP contribution in [0.2, 0.25) is 0 Å². The van der Waals surface area contributed by atoms with Gasteiger partial charge in [0, 0.05) is 6.04 Å². The van der Waals surface area contributed by atoms with Crippen LogP contribution < -0.4 is 0 Å². The van der Waals surface area contributed by atoms with Gasteiger partial charge < -0.3 is 4.90 Å². The van der Waals surface area contributed by atoms with Crippen molar-refractivity contribution in [3.8, 4) is 0 Å². The van der Waals surface area contributed by atoms with Crippen LogP contribution in [0.4, 0.5) is 0 Å². The van der Waals surface area contributed by atoms with E-state index in [0.717, 1.165) is 6.04 Å². The maximum absolute atomic E-state index is 2.60. The van der Waals surface area contributed by atoms with E-state index in [9.17, 15) is 0 Å². The lowest BCUT2D eigenvalue weighted by molar-refractivity contribution is 0.236. The molecule has 0 aromatic heterocycles. The van der Waals surface area contributed by atoms with E-state index in [-0.39, 0.29) is 0 Å². The number of hydrogen-bond donors (Lipinski definition) is 0. The van der Waals surface area contributed by atoms with E-state index in [1.165, 1.54) is 129 Å². The highest BCUT2D eigenvalue weighted by Gasteiger charge is 2.08. The Morgan fingerprint density at radius 1 is 0.500 bits per heavy atom. The van der Waals surface area contributed by atoms with Crippen molar-refractivity contribution in [1.82, 2.24) is 4.90 Å². The predicted octanol–water partition coefficient (Wildman–Crippen LogP) is 8.76. The van der Waals surface area contributed by atoms with E-state index in [1.54, 1.807) is 0 Å². The van der Waals surface area contributed by atoms with E-state index in [0.29, 0.717) is 0 Å². The second-order valence-corrected chi connectivity index (χ2v) is 8.78. The zero-order valence-electron chi connectivity index (χ0n) is 19.2. The first-order valence-electron chi connectivity index (χ1n) is 12.4. The third-order valence-electron chi connectivity index (χ3n) is 6.09. The molecule has 0 aromatic rings. The third-order valence-corrected chi connectivity index (χ3v) is 6.09. The van der Waals surface area contributed by atoms with E-state index < -0.39 is 0 Å². The molecule has 0 heterocycles. The van der Waals surface area contributed by atoms with Crippen LogP contribution in [0.3, 0.4) is 0 Å². The summed E-state index contributed by atoms with van der Waals surface area (Å²) in [6.07, 6.45) is 27.3. The van der Waals surface area contributed by atoms with Crippen LogP contribution in [0.1, 0.15) is 143 Å². The van der Waals surface area contributed by atoms with Crippen LogP contribution in [0.25, 0.3) is 0 Å². The van der Waals surface area contributed by atoms with Crippen molar-refractivity contribution in [2.45, 2.75) is 149 Å². The summed E-state index contributed by atoms with van der Waals surface area (Å²) in [5.41, 5.74) is 0. The maximum atomic E-state index is 2.60. The molecule has 0 bridgehead atoms. The molecule has 1 nitrogen and oxygen atoms in total. The van der Waals surface area contributed by atoms with Crippen molar-refractivity contribution in [3.63, 3.8) is 0 Å². The molecule has 0 saturated carbocycles. The summed E-state index contributed by atoms with van der Waals surface area (Å²) >= 11 is 0. The number of rotatable bonds is 21. The Hall–Kier alpha value is -0.0400. The fraction of sp³-hybridized carbons (Fsp3) is 1.00. The van der Waals surface area contributed by atoms with Gasteiger partial charge in [-0.25, -0.2) is 0 Å². The average Bonchev–Trinajstić information content (AvgIpc) is 2.65. The Morgan fingerprint density at radius 2 is 0.846 bits per heavy atom. The normalized spacial score (nSPS) is 12.8. The molecular weight excluding hydrogens is 314 g/mol. The van der Waals surface area contributed by atoms with Crippen LogP contribution in [0.5, 0.6) is 0 Å². The van der Waals surface area contributed by atoms with E-state index in [4.69, 9.17) is 0 Å². The summed E-state index contributed by atoms with van der Waals surface area (Å²) in [5.74, 6) is 0. The zero-order valence-corrected chi connectivity index (χ0v) is 19.2.